The van der Waals surface area contributed by atoms with Gasteiger partial charge in [0.1, 0.15) is 0 Å². The molecule has 0 unspecified atom stereocenters. The van der Waals surface area contributed by atoms with Crippen LogP contribution in [-0.2, 0) is 0 Å². The number of halogens is 2. The zero-order valence-corrected chi connectivity index (χ0v) is 12.4. The number of amides is 2. The van der Waals surface area contributed by atoms with Crippen LogP contribution < -0.4 is 10.1 Å². The summed E-state index contributed by atoms with van der Waals surface area (Å²) < 4.78 is 32.2. The Morgan fingerprint density at radius 1 is 1.36 bits per heavy atom. The molecule has 0 spiro atoms. The summed E-state index contributed by atoms with van der Waals surface area (Å²) in [7, 11) is 1.24. The number of unbranched alkanes of at least 4 members (excludes halogenated alkanes) is 1. The number of benzene rings is 1. The number of hydrogen-bond donors (Lipinski definition) is 2. The van der Waals surface area contributed by atoms with Crippen molar-refractivity contribution in [3.8, 4) is 5.75 Å². The molecule has 0 heterocycles. The van der Waals surface area contributed by atoms with Crippen LogP contribution in [0.1, 0.15) is 25.7 Å². The lowest BCUT2D eigenvalue weighted by molar-refractivity contribution is 0.203. The maximum Gasteiger partial charge on any atom is 0.322 e. The molecule has 5 nitrogen and oxygen atoms in total. The number of aliphatic hydroxyl groups is 1. The zero-order chi connectivity index (χ0) is 16.1. The summed E-state index contributed by atoms with van der Waals surface area (Å²) >= 11 is 0. The summed E-state index contributed by atoms with van der Waals surface area (Å²) in [5.74, 6) is -1.70. The maximum atomic E-state index is 13.9. The van der Waals surface area contributed by atoms with Crippen LogP contribution in [0.2, 0.25) is 0 Å². The standard InChI is InChI=1S/C15H20F2N2O3/c1-22-14-9-11(16)13(8-12(14)17)18-15(21)19(10-4-5-10)6-2-3-7-20/h8-10,20H,2-7H2,1H3,(H,18,21). The van der Waals surface area contributed by atoms with Crippen molar-refractivity contribution in [1.82, 2.24) is 4.90 Å². The molecule has 1 aromatic carbocycles. The fourth-order valence-corrected chi connectivity index (χ4v) is 2.20. The van der Waals surface area contributed by atoms with Crippen LogP contribution in [0, 0.1) is 11.6 Å². The first kappa shape index (κ1) is 16.5. The molecule has 0 saturated heterocycles. The predicted octanol–water partition coefficient (Wildman–Crippen LogP) is 2.74. The molecule has 0 bridgehead atoms. The first-order valence-corrected chi connectivity index (χ1v) is 7.28. The van der Waals surface area contributed by atoms with Crippen LogP contribution >= 0.6 is 0 Å². The molecule has 1 aromatic rings. The van der Waals surface area contributed by atoms with Crippen molar-refractivity contribution in [2.24, 2.45) is 0 Å². The van der Waals surface area contributed by atoms with Gasteiger partial charge in [0, 0.05) is 31.3 Å². The topological polar surface area (TPSA) is 61.8 Å². The van der Waals surface area contributed by atoms with E-state index in [4.69, 9.17) is 5.11 Å². The number of nitrogens with zero attached hydrogens (tertiary/aromatic N) is 1. The molecule has 22 heavy (non-hydrogen) atoms. The normalized spacial score (nSPS) is 13.8. The number of hydrogen-bond acceptors (Lipinski definition) is 3. The highest BCUT2D eigenvalue weighted by molar-refractivity contribution is 5.90. The summed E-state index contributed by atoms with van der Waals surface area (Å²) in [5, 5.41) is 11.2. The molecule has 0 aromatic heterocycles. The van der Waals surface area contributed by atoms with Gasteiger partial charge in [0.2, 0.25) is 0 Å². The Labute approximate surface area is 127 Å². The third kappa shape index (κ3) is 4.07. The van der Waals surface area contributed by atoms with Crippen LogP contribution in [-0.4, -0.2) is 42.3 Å². The van der Waals surface area contributed by atoms with E-state index < -0.39 is 17.7 Å². The van der Waals surface area contributed by atoms with Crippen LogP contribution in [0.15, 0.2) is 12.1 Å². The maximum absolute atomic E-state index is 13.9. The van der Waals surface area contributed by atoms with Crippen molar-refractivity contribution < 1.29 is 23.4 Å². The number of anilines is 1. The quantitative estimate of drug-likeness (QED) is 0.761. The third-order valence-corrected chi connectivity index (χ3v) is 3.54. The predicted molar refractivity (Wildman–Crippen MR) is 78.0 cm³/mol. The number of carbonyl (C=O) groups excluding carboxylic acids is 1. The van der Waals surface area contributed by atoms with Gasteiger partial charge in [-0.15, -0.1) is 0 Å². The second kappa shape index (κ2) is 7.40. The average Bonchev–Trinajstić information content (AvgIpc) is 3.31. The molecule has 0 radical (unpaired) electrons. The van der Waals surface area contributed by atoms with Gasteiger partial charge in [0.25, 0.3) is 0 Å². The highest BCUT2D eigenvalue weighted by Gasteiger charge is 2.32. The Bertz CT molecular complexity index is 536. The lowest BCUT2D eigenvalue weighted by Crippen LogP contribution is -2.37. The Kier molecular flexibility index (Phi) is 5.54. The molecule has 7 heteroatoms. The van der Waals surface area contributed by atoms with Crippen molar-refractivity contribution in [1.29, 1.82) is 0 Å². The van der Waals surface area contributed by atoms with E-state index in [1.54, 1.807) is 4.90 Å². The molecule has 122 valence electrons. The van der Waals surface area contributed by atoms with Crippen molar-refractivity contribution in [3.05, 3.63) is 23.8 Å². The highest BCUT2D eigenvalue weighted by Crippen LogP contribution is 2.29. The molecule has 0 aliphatic heterocycles. The minimum absolute atomic E-state index is 0.0679. The van der Waals surface area contributed by atoms with E-state index in [-0.39, 0.29) is 24.1 Å². The summed E-state index contributed by atoms with van der Waals surface area (Å²) in [6.45, 7) is 0.551. The SMILES string of the molecule is COc1cc(F)c(NC(=O)N(CCCCO)C2CC2)cc1F. The summed E-state index contributed by atoms with van der Waals surface area (Å²) in [6.07, 6.45) is 3.08. The van der Waals surface area contributed by atoms with Crippen LogP contribution in [0.3, 0.4) is 0 Å². The fourth-order valence-electron chi connectivity index (χ4n) is 2.20. The Morgan fingerprint density at radius 2 is 2.09 bits per heavy atom. The highest BCUT2D eigenvalue weighted by atomic mass is 19.1. The number of rotatable bonds is 7. The monoisotopic (exact) mass is 314 g/mol. The van der Waals surface area contributed by atoms with Gasteiger partial charge in [-0.25, -0.2) is 13.6 Å². The Morgan fingerprint density at radius 3 is 2.68 bits per heavy atom. The fraction of sp³-hybridized carbons (Fsp3) is 0.533. The third-order valence-electron chi connectivity index (χ3n) is 3.54. The van der Waals surface area contributed by atoms with Crippen LogP contribution in [0.5, 0.6) is 5.75 Å². The second-order valence-electron chi connectivity index (χ2n) is 5.25. The number of methoxy groups -OCH3 is 1. The van der Waals surface area contributed by atoms with Crippen molar-refractivity contribution >= 4 is 11.7 Å². The van der Waals surface area contributed by atoms with E-state index >= 15 is 0 Å². The molecule has 2 rings (SSSR count). The number of ether oxygens (including phenoxy) is 1. The van der Waals surface area contributed by atoms with Crippen LogP contribution in [0.4, 0.5) is 19.3 Å². The molecule has 1 aliphatic carbocycles. The summed E-state index contributed by atoms with van der Waals surface area (Å²) in [6, 6.07) is 1.50. The van der Waals surface area contributed by atoms with Gasteiger partial charge in [-0.3, -0.25) is 0 Å². The minimum Gasteiger partial charge on any atom is -0.494 e. The van der Waals surface area contributed by atoms with Crippen molar-refractivity contribution in [3.63, 3.8) is 0 Å². The van der Waals surface area contributed by atoms with Gasteiger partial charge in [-0.1, -0.05) is 0 Å². The second-order valence-corrected chi connectivity index (χ2v) is 5.25. The van der Waals surface area contributed by atoms with Gasteiger partial charge in [-0.2, -0.15) is 0 Å². The van der Waals surface area contributed by atoms with E-state index in [0.29, 0.717) is 19.4 Å². The minimum atomic E-state index is -0.752. The van der Waals surface area contributed by atoms with Gasteiger partial charge in [-0.05, 0) is 25.7 Å². The molecular weight excluding hydrogens is 294 g/mol. The number of nitrogens with one attached hydrogen (secondary N) is 1. The van der Waals surface area contributed by atoms with Gasteiger partial charge < -0.3 is 20.1 Å². The lowest BCUT2D eigenvalue weighted by Gasteiger charge is -2.23. The van der Waals surface area contributed by atoms with E-state index in [0.717, 1.165) is 25.0 Å². The Hall–Kier alpha value is -1.89. The van der Waals surface area contributed by atoms with E-state index in [9.17, 15) is 13.6 Å². The molecule has 0 atom stereocenters. The molecule has 2 amide bonds. The van der Waals surface area contributed by atoms with Crippen molar-refractivity contribution in [2.75, 3.05) is 25.6 Å². The smallest absolute Gasteiger partial charge is 0.322 e. The first-order chi connectivity index (χ1) is 10.6. The molecule has 2 N–H and O–H groups in total. The lowest BCUT2D eigenvalue weighted by atomic mass is 10.2. The van der Waals surface area contributed by atoms with Gasteiger partial charge >= 0.3 is 6.03 Å². The molecular formula is C15H20F2N2O3. The molecule has 1 aliphatic rings. The van der Waals surface area contributed by atoms with Gasteiger partial charge in [0.05, 0.1) is 12.8 Å². The average molecular weight is 314 g/mol. The van der Waals surface area contributed by atoms with E-state index in [2.05, 4.69) is 10.1 Å². The van der Waals surface area contributed by atoms with E-state index in [1.807, 2.05) is 0 Å². The van der Waals surface area contributed by atoms with Gasteiger partial charge in [0.15, 0.2) is 17.4 Å². The molecule has 1 fully saturated rings. The van der Waals surface area contributed by atoms with E-state index in [1.165, 1.54) is 7.11 Å². The molecule has 1 saturated carbocycles. The summed E-state index contributed by atoms with van der Waals surface area (Å²) in [4.78, 5) is 13.8. The zero-order valence-electron chi connectivity index (χ0n) is 12.4. The Balaban J connectivity index is 2.04. The number of aliphatic hydroxyl groups excluding tert-OH is 1. The summed E-state index contributed by atoms with van der Waals surface area (Å²) in [5.41, 5.74) is -0.212. The number of carbonyl (C=O) groups is 1. The first-order valence-electron chi connectivity index (χ1n) is 7.28. The van der Waals surface area contributed by atoms with Crippen molar-refractivity contribution in [2.45, 2.75) is 31.7 Å². The largest absolute Gasteiger partial charge is 0.494 e. The van der Waals surface area contributed by atoms with Crippen LogP contribution in [0.25, 0.3) is 0 Å². The number of urea groups is 1.